The Kier molecular flexibility index (Phi) is 5.07. The Hall–Kier alpha value is -1.17. The van der Waals surface area contributed by atoms with E-state index in [0.717, 1.165) is 6.20 Å². The molecule has 2 unspecified atom stereocenters. The van der Waals surface area contributed by atoms with Gasteiger partial charge in [-0.15, -0.1) is 0 Å². The van der Waals surface area contributed by atoms with Gasteiger partial charge in [0.25, 0.3) is 0 Å². The van der Waals surface area contributed by atoms with Gasteiger partial charge in [-0.25, -0.2) is 4.39 Å². The first kappa shape index (κ1) is 14.9. The quantitative estimate of drug-likeness (QED) is 0.822. The van der Waals surface area contributed by atoms with E-state index in [1.807, 2.05) is 6.92 Å². The molecule has 2 nitrogen and oxygen atoms in total. The molecule has 1 aromatic rings. The Balaban J connectivity index is 2.64. The van der Waals surface area contributed by atoms with Gasteiger partial charge in [-0.1, -0.05) is 6.92 Å². The lowest BCUT2D eigenvalue weighted by atomic mass is 10.1. The molecule has 1 heterocycles. The molecule has 0 amide bonds. The molecular formula is C12H16F4N2. The third-order valence-corrected chi connectivity index (χ3v) is 2.54. The highest BCUT2D eigenvalue weighted by Gasteiger charge is 2.30. The largest absolute Gasteiger partial charge is 0.390 e. The SMILES string of the molecule is CCC(NC(C)CC(F)(F)F)c1ccc(F)cn1. The third-order valence-electron chi connectivity index (χ3n) is 2.54. The lowest BCUT2D eigenvalue weighted by Gasteiger charge is -2.22. The monoisotopic (exact) mass is 264 g/mol. The predicted octanol–water partition coefficient (Wildman–Crippen LogP) is 3.60. The van der Waals surface area contributed by atoms with Crippen molar-refractivity contribution in [3.05, 3.63) is 29.8 Å². The number of hydrogen-bond donors (Lipinski definition) is 1. The number of nitrogens with zero attached hydrogens (tertiary/aromatic N) is 1. The van der Waals surface area contributed by atoms with E-state index in [9.17, 15) is 17.6 Å². The summed E-state index contributed by atoms with van der Waals surface area (Å²) in [6, 6.07) is 1.72. The van der Waals surface area contributed by atoms with Gasteiger partial charge in [0, 0.05) is 12.1 Å². The first-order valence-corrected chi connectivity index (χ1v) is 5.76. The fourth-order valence-corrected chi connectivity index (χ4v) is 1.76. The summed E-state index contributed by atoms with van der Waals surface area (Å²) in [4.78, 5) is 3.88. The van der Waals surface area contributed by atoms with Gasteiger partial charge in [0.05, 0.1) is 18.3 Å². The van der Waals surface area contributed by atoms with E-state index in [1.54, 1.807) is 0 Å². The van der Waals surface area contributed by atoms with Crippen molar-refractivity contribution in [2.75, 3.05) is 0 Å². The van der Waals surface area contributed by atoms with E-state index in [1.165, 1.54) is 19.1 Å². The van der Waals surface area contributed by atoms with Crippen molar-refractivity contribution in [3.8, 4) is 0 Å². The minimum absolute atomic E-state index is 0.303. The van der Waals surface area contributed by atoms with Crippen LogP contribution in [0.5, 0.6) is 0 Å². The standard InChI is InChI=1S/C12H16F4N2/c1-3-10(11-5-4-9(13)7-17-11)18-8(2)6-12(14,15)16/h4-5,7-8,10,18H,3,6H2,1-2H3. The van der Waals surface area contributed by atoms with Crippen molar-refractivity contribution in [2.45, 2.75) is 44.9 Å². The number of halogens is 4. The molecule has 0 spiro atoms. The van der Waals surface area contributed by atoms with Gasteiger partial charge in [0.2, 0.25) is 0 Å². The summed E-state index contributed by atoms with van der Waals surface area (Å²) < 4.78 is 49.3. The molecule has 0 aromatic carbocycles. The molecule has 18 heavy (non-hydrogen) atoms. The Morgan fingerprint density at radius 2 is 2.00 bits per heavy atom. The Bertz CT molecular complexity index is 361. The lowest BCUT2D eigenvalue weighted by molar-refractivity contribution is -0.139. The van der Waals surface area contributed by atoms with Crippen molar-refractivity contribution in [1.82, 2.24) is 10.3 Å². The first-order valence-electron chi connectivity index (χ1n) is 5.76. The Morgan fingerprint density at radius 1 is 1.33 bits per heavy atom. The van der Waals surface area contributed by atoms with E-state index in [2.05, 4.69) is 10.3 Å². The van der Waals surface area contributed by atoms with Gasteiger partial charge in [-0.3, -0.25) is 4.98 Å². The first-order chi connectivity index (χ1) is 8.31. The smallest absolute Gasteiger partial charge is 0.306 e. The lowest BCUT2D eigenvalue weighted by Crippen LogP contribution is -2.34. The van der Waals surface area contributed by atoms with Gasteiger partial charge in [0.15, 0.2) is 0 Å². The molecule has 0 aliphatic heterocycles. The second kappa shape index (κ2) is 6.13. The summed E-state index contributed by atoms with van der Waals surface area (Å²) in [6.07, 6.45) is -3.44. The van der Waals surface area contributed by atoms with Crippen molar-refractivity contribution in [2.24, 2.45) is 0 Å². The summed E-state index contributed by atoms with van der Waals surface area (Å²) in [5.74, 6) is -0.461. The molecule has 0 aliphatic carbocycles. The zero-order valence-electron chi connectivity index (χ0n) is 10.3. The van der Waals surface area contributed by atoms with E-state index >= 15 is 0 Å². The van der Waals surface area contributed by atoms with Crippen molar-refractivity contribution < 1.29 is 17.6 Å². The third kappa shape index (κ3) is 5.00. The molecule has 2 atom stereocenters. The Morgan fingerprint density at radius 3 is 2.44 bits per heavy atom. The zero-order chi connectivity index (χ0) is 13.8. The highest BCUT2D eigenvalue weighted by Crippen LogP contribution is 2.23. The fourth-order valence-electron chi connectivity index (χ4n) is 1.76. The van der Waals surface area contributed by atoms with Crippen LogP contribution in [0.4, 0.5) is 17.6 Å². The molecule has 0 saturated heterocycles. The molecule has 0 saturated carbocycles. The number of rotatable bonds is 5. The van der Waals surface area contributed by atoms with E-state index in [-0.39, 0.29) is 6.04 Å². The van der Waals surface area contributed by atoms with E-state index in [4.69, 9.17) is 0 Å². The van der Waals surface area contributed by atoms with Crippen molar-refractivity contribution in [1.29, 1.82) is 0 Å². The number of pyridine rings is 1. The van der Waals surface area contributed by atoms with Gasteiger partial charge in [-0.05, 0) is 25.5 Å². The molecule has 1 aromatic heterocycles. The molecule has 1 rings (SSSR count). The zero-order valence-corrected chi connectivity index (χ0v) is 10.3. The maximum atomic E-state index is 12.7. The molecule has 0 aliphatic rings. The molecule has 0 fully saturated rings. The maximum Gasteiger partial charge on any atom is 0.390 e. The summed E-state index contributed by atoms with van der Waals surface area (Å²) >= 11 is 0. The summed E-state index contributed by atoms with van der Waals surface area (Å²) in [6.45, 7) is 3.31. The molecular weight excluding hydrogens is 248 g/mol. The van der Waals surface area contributed by atoms with Crippen LogP contribution in [0.25, 0.3) is 0 Å². The van der Waals surface area contributed by atoms with Crippen LogP contribution in [0.15, 0.2) is 18.3 Å². The van der Waals surface area contributed by atoms with Crippen LogP contribution in [0.1, 0.15) is 38.4 Å². The topological polar surface area (TPSA) is 24.9 Å². The van der Waals surface area contributed by atoms with Crippen LogP contribution in [0.2, 0.25) is 0 Å². The summed E-state index contributed by atoms with van der Waals surface area (Å²) in [5.41, 5.74) is 0.549. The second-order valence-corrected chi connectivity index (χ2v) is 4.25. The Labute approximate surface area is 103 Å². The van der Waals surface area contributed by atoms with Gasteiger partial charge >= 0.3 is 6.18 Å². The van der Waals surface area contributed by atoms with Crippen LogP contribution in [0, 0.1) is 5.82 Å². The normalized spacial score (nSPS) is 15.4. The second-order valence-electron chi connectivity index (χ2n) is 4.25. The molecule has 102 valence electrons. The van der Waals surface area contributed by atoms with E-state index in [0.29, 0.717) is 12.1 Å². The van der Waals surface area contributed by atoms with Crippen LogP contribution in [-0.4, -0.2) is 17.2 Å². The highest BCUT2D eigenvalue weighted by atomic mass is 19.4. The average Bonchev–Trinajstić information content (AvgIpc) is 2.25. The van der Waals surface area contributed by atoms with Crippen LogP contribution < -0.4 is 5.32 Å². The predicted molar refractivity (Wildman–Crippen MR) is 60.5 cm³/mol. The van der Waals surface area contributed by atoms with Gasteiger partial charge in [0.1, 0.15) is 5.82 Å². The molecule has 0 bridgehead atoms. The minimum atomic E-state index is -4.19. The minimum Gasteiger partial charge on any atom is -0.306 e. The van der Waals surface area contributed by atoms with Gasteiger partial charge in [-0.2, -0.15) is 13.2 Å². The number of aromatic nitrogens is 1. The van der Waals surface area contributed by atoms with Crippen LogP contribution in [-0.2, 0) is 0 Å². The summed E-state index contributed by atoms with van der Waals surface area (Å²) in [7, 11) is 0. The van der Waals surface area contributed by atoms with Crippen LogP contribution >= 0.6 is 0 Å². The average molecular weight is 264 g/mol. The molecule has 0 radical (unpaired) electrons. The van der Waals surface area contributed by atoms with Crippen molar-refractivity contribution in [3.63, 3.8) is 0 Å². The number of hydrogen-bond acceptors (Lipinski definition) is 2. The van der Waals surface area contributed by atoms with Crippen molar-refractivity contribution >= 4 is 0 Å². The maximum absolute atomic E-state index is 12.7. The summed E-state index contributed by atoms with van der Waals surface area (Å²) in [5, 5.41) is 2.85. The number of nitrogens with one attached hydrogen (secondary N) is 1. The molecule has 1 N–H and O–H groups in total. The van der Waals surface area contributed by atoms with Crippen LogP contribution in [0.3, 0.4) is 0 Å². The fraction of sp³-hybridized carbons (Fsp3) is 0.583. The molecule has 6 heteroatoms. The highest BCUT2D eigenvalue weighted by molar-refractivity contribution is 5.09. The van der Waals surface area contributed by atoms with Gasteiger partial charge < -0.3 is 5.32 Å². The van der Waals surface area contributed by atoms with E-state index < -0.39 is 24.5 Å². The number of alkyl halides is 3.